The highest BCUT2D eigenvalue weighted by atomic mass is 32.2. The highest BCUT2D eigenvalue weighted by molar-refractivity contribution is 7.99. The van der Waals surface area contributed by atoms with Gasteiger partial charge < -0.3 is 15.2 Å². The lowest BCUT2D eigenvalue weighted by atomic mass is 10.2. The highest BCUT2D eigenvalue weighted by Gasteiger charge is 2.27. The molecule has 1 aromatic heterocycles. The zero-order valence-electron chi connectivity index (χ0n) is 17.0. The number of aromatic nitrogens is 3. The van der Waals surface area contributed by atoms with Crippen molar-refractivity contribution in [1.82, 2.24) is 19.1 Å². The first-order chi connectivity index (χ1) is 14.9. The zero-order chi connectivity index (χ0) is 21.8. The minimum atomic E-state index is -3.57. The number of hydrogen-bond acceptors (Lipinski definition) is 8. The Balaban J connectivity index is 1.60. The molecule has 2 aliphatic rings. The molecule has 1 aromatic carbocycles. The number of morpholine rings is 1. The van der Waals surface area contributed by atoms with Crippen LogP contribution < -0.4 is 5.73 Å². The first-order valence-electron chi connectivity index (χ1n) is 10.1. The Bertz CT molecular complexity index is 1010. The molecule has 31 heavy (non-hydrogen) atoms. The van der Waals surface area contributed by atoms with Crippen LogP contribution in [0.3, 0.4) is 0 Å². The topological polar surface area (TPSA) is 130 Å². The van der Waals surface area contributed by atoms with Gasteiger partial charge in [-0.3, -0.25) is 9.36 Å². The molecular weight excluding hydrogens is 442 g/mol. The largest absolute Gasteiger partial charge is 0.379 e. The van der Waals surface area contributed by atoms with Gasteiger partial charge in [-0.15, -0.1) is 10.2 Å². The number of carbonyl (C=O) groups excluding carboxylic acids is 1. The molecule has 0 spiro atoms. The first-order valence-corrected chi connectivity index (χ1v) is 12.5. The number of sulfonamides is 1. The van der Waals surface area contributed by atoms with E-state index in [1.165, 1.54) is 16.1 Å². The second kappa shape index (κ2) is 9.65. The third-order valence-electron chi connectivity index (χ3n) is 5.19. The summed E-state index contributed by atoms with van der Waals surface area (Å²) in [6.07, 6.45) is 1.98. The van der Waals surface area contributed by atoms with E-state index in [1.807, 2.05) is 4.57 Å². The molecule has 10 nitrogen and oxygen atoms in total. The van der Waals surface area contributed by atoms with Gasteiger partial charge >= 0.3 is 0 Å². The van der Waals surface area contributed by atoms with Gasteiger partial charge in [-0.05, 0) is 37.1 Å². The maximum Gasteiger partial charge on any atom is 0.243 e. The number of primary amides is 1. The van der Waals surface area contributed by atoms with Gasteiger partial charge in [0.1, 0.15) is 0 Å². The van der Waals surface area contributed by atoms with Crippen molar-refractivity contribution in [3.63, 3.8) is 0 Å². The van der Waals surface area contributed by atoms with E-state index in [1.54, 1.807) is 24.3 Å². The Hall–Kier alpha value is -1.99. The predicted molar refractivity (Wildman–Crippen MR) is 114 cm³/mol. The quantitative estimate of drug-likeness (QED) is 0.562. The molecule has 0 bridgehead atoms. The van der Waals surface area contributed by atoms with Crippen molar-refractivity contribution >= 4 is 27.7 Å². The van der Waals surface area contributed by atoms with Crippen molar-refractivity contribution in [2.45, 2.75) is 35.5 Å². The van der Waals surface area contributed by atoms with Crippen LogP contribution in [-0.4, -0.2) is 78.2 Å². The summed E-state index contributed by atoms with van der Waals surface area (Å²) in [4.78, 5) is 11.4. The molecule has 1 amide bonds. The van der Waals surface area contributed by atoms with E-state index in [2.05, 4.69) is 10.2 Å². The third-order valence-corrected chi connectivity index (χ3v) is 8.09. The molecule has 3 heterocycles. The van der Waals surface area contributed by atoms with Gasteiger partial charge in [0.2, 0.25) is 15.9 Å². The molecule has 2 saturated heterocycles. The molecule has 0 aliphatic carbocycles. The fraction of sp³-hybridized carbons (Fsp3) is 0.526. The number of hydrogen-bond donors (Lipinski definition) is 1. The van der Waals surface area contributed by atoms with Crippen LogP contribution in [0.25, 0.3) is 11.4 Å². The van der Waals surface area contributed by atoms with Crippen LogP contribution in [0.4, 0.5) is 0 Å². The average Bonchev–Trinajstić information content (AvgIpc) is 3.43. The zero-order valence-corrected chi connectivity index (χ0v) is 18.6. The molecule has 4 rings (SSSR count). The molecule has 2 N–H and O–H groups in total. The van der Waals surface area contributed by atoms with Crippen molar-refractivity contribution in [3.05, 3.63) is 24.3 Å². The fourth-order valence-corrected chi connectivity index (χ4v) is 5.71. The van der Waals surface area contributed by atoms with Gasteiger partial charge in [-0.2, -0.15) is 4.31 Å². The number of nitrogens with two attached hydrogens (primary N) is 1. The molecule has 2 fully saturated rings. The van der Waals surface area contributed by atoms with Crippen LogP contribution >= 0.6 is 11.8 Å². The molecular formula is C19H25N5O5S2. The number of carbonyl (C=O) groups is 1. The maximum absolute atomic E-state index is 12.9. The Morgan fingerprint density at radius 2 is 1.90 bits per heavy atom. The second-order valence-electron chi connectivity index (χ2n) is 7.35. The summed E-state index contributed by atoms with van der Waals surface area (Å²) in [7, 11) is -3.57. The summed E-state index contributed by atoms with van der Waals surface area (Å²) >= 11 is 1.23. The SMILES string of the molecule is NC(=O)CSc1nnc(-c2ccc(S(=O)(=O)N3CCOCC3)cc2)n1C[C@H]1CCCO1. The highest BCUT2D eigenvalue weighted by Crippen LogP contribution is 2.28. The Kier molecular flexibility index (Phi) is 6.92. The van der Waals surface area contributed by atoms with E-state index in [9.17, 15) is 13.2 Å². The number of nitrogens with zero attached hydrogens (tertiary/aromatic N) is 4. The smallest absolute Gasteiger partial charge is 0.243 e. The Morgan fingerprint density at radius 1 is 1.16 bits per heavy atom. The lowest BCUT2D eigenvalue weighted by Crippen LogP contribution is -2.40. The van der Waals surface area contributed by atoms with E-state index in [-0.39, 0.29) is 16.8 Å². The molecule has 168 valence electrons. The van der Waals surface area contributed by atoms with Crippen molar-refractivity contribution in [2.75, 3.05) is 38.7 Å². The van der Waals surface area contributed by atoms with E-state index >= 15 is 0 Å². The molecule has 1 atom stereocenters. The predicted octanol–water partition coefficient (Wildman–Crippen LogP) is 0.722. The molecule has 0 radical (unpaired) electrons. The minimum absolute atomic E-state index is 0.0450. The first kappa shape index (κ1) is 22.2. The number of ether oxygens (including phenoxy) is 2. The van der Waals surface area contributed by atoms with Gasteiger partial charge in [-0.1, -0.05) is 11.8 Å². The summed E-state index contributed by atoms with van der Waals surface area (Å²) in [6.45, 7) is 2.77. The van der Waals surface area contributed by atoms with Crippen LogP contribution in [0.5, 0.6) is 0 Å². The second-order valence-corrected chi connectivity index (χ2v) is 10.2. The number of thioether (sulfide) groups is 1. The van der Waals surface area contributed by atoms with E-state index in [0.717, 1.165) is 25.0 Å². The number of benzene rings is 1. The van der Waals surface area contributed by atoms with Crippen LogP contribution in [-0.2, 0) is 30.8 Å². The lowest BCUT2D eigenvalue weighted by Gasteiger charge is -2.26. The van der Waals surface area contributed by atoms with Gasteiger partial charge in [0.05, 0.1) is 36.5 Å². The van der Waals surface area contributed by atoms with Crippen molar-refractivity contribution in [2.24, 2.45) is 5.73 Å². The minimum Gasteiger partial charge on any atom is -0.379 e. The average molecular weight is 468 g/mol. The summed E-state index contributed by atoms with van der Waals surface area (Å²) in [5.74, 6) is 0.258. The molecule has 0 unspecified atom stereocenters. The third kappa shape index (κ3) is 5.09. The monoisotopic (exact) mass is 467 g/mol. The molecule has 2 aliphatic heterocycles. The molecule has 0 saturated carbocycles. The van der Waals surface area contributed by atoms with Gasteiger partial charge in [0.15, 0.2) is 11.0 Å². The Morgan fingerprint density at radius 3 is 2.55 bits per heavy atom. The van der Waals surface area contributed by atoms with Crippen LogP contribution in [0, 0.1) is 0 Å². The van der Waals surface area contributed by atoms with Crippen molar-refractivity contribution in [1.29, 1.82) is 0 Å². The van der Waals surface area contributed by atoms with Crippen molar-refractivity contribution in [3.8, 4) is 11.4 Å². The summed E-state index contributed by atoms with van der Waals surface area (Å²) in [5, 5.41) is 9.10. The van der Waals surface area contributed by atoms with Crippen LogP contribution in [0.2, 0.25) is 0 Å². The van der Waals surface area contributed by atoms with Crippen molar-refractivity contribution < 1.29 is 22.7 Å². The maximum atomic E-state index is 12.9. The summed E-state index contributed by atoms with van der Waals surface area (Å²) in [6, 6.07) is 6.63. The fourth-order valence-electron chi connectivity index (χ4n) is 3.61. The van der Waals surface area contributed by atoms with E-state index in [0.29, 0.717) is 43.8 Å². The summed E-state index contributed by atoms with van der Waals surface area (Å²) in [5.41, 5.74) is 6.01. The summed E-state index contributed by atoms with van der Waals surface area (Å²) < 4.78 is 40.1. The number of amides is 1. The molecule has 12 heteroatoms. The Labute approximate surface area is 185 Å². The van der Waals surface area contributed by atoms with Crippen LogP contribution in [0.15, 0.2) is 34.3 Å². The van der Waals surface area contributed by atoms with Crippen LogP contribution in [0.1, 0.15) is 12.8 Å². The normalized spacial score (nSPS) is 20.2. The number of rotatable bonds is 8. The van der Waals surface area contributed by atoms with Gasteiger partial charge in [0, 0.05) is 25.3 Å². The standard InChI is InChI=1S/C19H25N5O5S2/c20-17(25)13-30-19-22-21-18(24(19)12-15-2-1-9-29-15)14-3-5-16(6-4-14)31(26,27)23-7-10-28-11-8-23/h3-6,15H,1-2,7-13H2,(H2,20,25)/t15-/m1/s1. The lowest BCUT2D eigenvalue weighted by molar-refractivity contribution is -0.115. The van der Waals surface area contributed by atoms with Gasteiger partial charge in [0.25, 0.3) is 0 Å². The van der Waals surface area contributed by atoms with E-state index < -0.39 is 15.9 Å². The molecule has 2 aromatic rings. The van der Waals surface area contributed by atoms with Gasteiger partial charge in [-0.25, -0.2) is 8.42 Å². The van der Waals surface area contributed by atoms with E-state index in [4.69, 9.17) is 15.2 Å².